The Morgan fingerprint density at radius 2 is 1.86 bits per heavy atom. The van der Waals surface area contributed by atoms with Crippen LogP contribution in [0.2, 0.25) is 0 Å². The summed E-state index contributed by atoms with van der Waals surface area (Å²) in [4.78, 5) is 0. The number of aryl methyl sites for hydroxylation is 1. The molecule has 1 aromatic carbocycles. The zero-order chi connectivity index (χ0) is 10.6. The highest BCUT2D eigenvalue weighted by Crippen LogP contribution is 2.24. The molecule has 1 N–H and O–H groups in total. The Morgan fingerprint density at radius 3 is 2.50 bits per heavy atom. The van der Waals surface area contributed by atoms with Crippen LogP contribution in [0, 0.1) is 6.92 Å². The molecular weight excluding hydrogens is 176 g/mol. The molecule has 0 radical (unpaired) electrons. The molecular formula is C12H16O2. The first-order valence-electron chi connectivity index (χ1n) is 4.91. The number of para-hydroxylation sites is 1. The van der Waals surface area contributed by atoms with Gasteiger partial charge in [-0.25, -0.2) is 0 Å². The van der Waals surface area contributed by atoms with Gasteiger partial charge in [0.2, 0.25) is 0 Å². The summed E-state index contributed by atoms with van der Waals surface area (Å²) in [6.45, 7) is 5.91. The third-order valence-corrected chi connectivity index (χ3v) is 2.06. The Labute approximate surface area is 84.2 Å². The minimum atomic E-state index is 0.0445. The van der Waals surface area contributed by atoms with Crippen molar-refractivity contribution in [3.8, 4) is 0 Å². The lowest BCUT2D eigenvalue weighted by atomic mass is 10.1. The molecule has 1 aromatic heterocycles. The van der Waals surface area contributed by atoms with E-state index >= 15 is 0 Å². The number of aliphatic hydroxyl groups is 1. The first kappa shape index (κ1) is 10.8. The molecule has 76 valence electrons. The summed E-state index contributed by atoms with van der Waals surface area (Å²) in [6.07, 6.45) is 0. The van der Waals surface area contributed by atoms with Gasteiger partial charge in [-0.1, -0.05) is 32.0 Å². The highest BCUT2D eigenvalue weighted by molar-refractivity contribution is 5.81. The predicted octanol–water partition coefficient (Wildman–Crippen LogP) is 3.26. The van der Waals surface area contributed by atoms with E-state index in [2.05, 4.69) is 0 Å². The Morgan fingerprint density at radius 1 is 1.21 bits per heavy atom. The largest absolute Gasteiger partial charge is 0.461 e. The molecule has 0 saturated heterocycles. The monoisotopic (exact) mass is 192 g/mol. The SMILES string of the molecule is CC.Cc1oc2ccccc2c1CO. The molecule has 0 spiro atoms. The summed E-state index contributed by atoms with van der Waals surface area (Å²) >= 11 is 0. The van der Waals surface area contributed by atoms with Gasteiger partial charge in [-0.05, 0) is 13.0 Å². The van der Waals surface area contributed by atoms with E-state index in [1.165, 1.54) is 0 Å². The quantitative estimate of drug-likeness (QED) is 0.752. The highest BCUT2D eigenvalue weighted by Gasteiger charge is 2.07. The van der Waals surface area contributed by atoms with Crippen LogP contribution in [0.3, 0.4) is 0 Å². The fourth-order valence-electron chi connectivity index (χ4n) is 1.42. The summed E-state index contributed by atoms with van der Waals surface area (Å²) in [5.41, 5.74) is 1.74. The van der Waals surface area contributed by atoms with Gasteiger partial charge in [0.05, 0.1) is 6.61 Å². The number of fused-ring (bicyclic) bond motifs is 1. The fraction of sp³-hybridized carbons (Fsp3) is 0.333. The Hall–Kier alpha value is -1.28. The topological polar surface area (TPSA) is 33.4 Å². The molecule has 0 aliphatic heterocycles. The molecule has 2 nitrogen and oxygen atoms in total. The van der Waals surface area contributed by atoms with E-state index in [0.29, 0.717) is 0 Å². The van der Waals surface area contributed by atoms with Crippen molar-refractivity contribution in [1.29, 1.82) is 0 Å². The molecule has 0 aliphatic rings. The van der Waals surface area contributed by atoms with Crippen molar-refractivity contribution in [2.24, 2.45) is 0 Å². The van der Waals surface area contributed by atoms with Crippen molar-refractivity contribution in [2.45, 2.75) is 27.4 Å². The number of aliphatic hydroxyl groups excluding tert-OH is 1. The molecule has 0 fully saturated rings. The van der Waals surface area contributed by atoms with Crippen LogP contribution < -0.4 is 0 Å². The van der Waals surface area contributed by atoms with Crippen LogP contribution in [0.5, 0.6) is 0 Å². The maximum Gasteiger partial charge on any atom is 0.134 e. The molecule has 0 saturated carbocycles. The van der Waals surface area contributed by atoms with Crippen LogP contribution in [-0.4, -0.2) is 5.11 Å². The average Bonchev–Trinajstić information content (AvgIpc) is 2.56. The van der Waals surface area contributed by atoms with E-state index < -0.39 is 0 Å². The van der Waals surface area contributed by atoms with E-state index in [1.807, 2.05) is 45.0 Å². The normalized spacial score (nSPS) is 9.71. The summed E-state index contributed by atoms with van der Waals surface area (Å²) in [5, 5.41) is 10.1. The second-order valence-corrected chi connectivity index (χ2v) is 2.79. The van der Waals surface area contributed by atoms with E-state index in [0.717, 1.165) is 22.3 Å². The third-order valence-electron chi connectivity index (χ3n) is 2.06. The summed E-state index contributed by atoms with van der Waals surface area (Å²) in [5.74, 6) is 0.804. The smallest absolute Gasteiger partial charge is 0.134 e. The van der Waals surface area contributed by atoms with Gasteiger partial charge >= 0.3 is 0 Å². The van der Waals surface area contributed by atoms with E-state index in [-0.39, 0.29) is 6.61 Å². The van der Waals surface area contributed by atoms with Gasteiger partial charge in [-0.3, -0.25) is 0 Å². The number of rotatable bonds is 1. The van der Waals surface area contributed by atoms with Gasteiger partial charge in [0.15, 0.2) is 0 Å². The molecule has 2 aromatic rings. The van der Waals surface area contributed by atoms with Gasteiger partial charge in [-0.2, -0.15) is 0 Å². The summed E-state index contributed by atoms with van der Waals surface area (Å²) in [7, 11) is 0. The van der Waals surface area contributed by atoms with Crippen molar-refractivity contribution in [3.63, 3.8) is 0 Å². The number of benzene rings is 1. The zero-order valence-electron chi connectivity index (χ0n) is 8.87. The predicted molar refractivity (Wildman–Crippen MR) is 58.2 cm³/mol. The van der Waals surface area contributed by atoms with Gasteiger partial charge in [-0.15, -0.1) is 0 Å². The molecule has 2 rings (SSSR count). The Bertz CT molecular complexity index is 402. The van der Waals surface area contributed by atoms with Crippen molar-refractivity contribution in [3.05, 3.63) is 35.6 Å². The van der Waals surface area contributed by atoms with E-state index in [4.69, 9.17) is 9.52 Å². The zero-order valence-corrected chi connectivity index (χ0v) is 8.87. The summed E-state index contributed by atoms with van der Waals surface area (Å²) in [6, 6.07) is 7.72. The lowest BCUT2D eigenvalue weighted by Gasteiger charge is -1.90. The number of hydrogen-bond acceptors (Lipinski definition) is 2. The molecule has 1 heterocycles. The van der Waals surface area contributed by atoms with Crippen LogP contribution in [0.25, 0.3) is 11.0 Å². The van der Waals surface area contributed by atoms with Crippen molar-refractivity contribution >= 4 is 11.0 Å². The molecule has 14 heavy (non-hydrogen) atoms. The summed E-state index contributed by atoms with van der Waals surface area (Å²) < 4.78 is 5.43. The van der Waals surface area contributed by atoms with Crippen molar-refractivity contribution in [2.75, 3.05) is 0 Å². The van der Waals surface area contributed by atoms with Gasteiger partial charge in [0.25, 0.3) is 0 Å². The minimum Gasteiger partial charge on any atom is -0.461 e. The van der Waals surface area contributed by atoms with Gasteiger partial charge < -0.3 is 9.52 Å². The van der Waals surface area contributed by atoms with E-state index in [9.17, 15) is 0 Å². The molecule has 0 aliphatic carbocycles. The Kier molecular flexibility index (Phi) is 3.72. The van der Waals surface area contributed by atoms with Crippen molar-refractivity contribution < 1.29 is 9.52 Å². The molecule has 2 heteroatoms. The second-order valence-electron chi connectivity index (χ2n) is 2.79. The van der Waals surface area contributed by atoms with Crippen LogP contribution >= 0.6 is 0 Å². The third kappa shape index (κ3) is 1.80. The van der Waals surface area contributed by atoms with Gasteiger partial charge in [0, 0.05) is 10.9 Å². The average molecular weight is 192 g/mol. The fourth-order valence-corrected chi connectivity index (χ4v) is 1.42. The number of furan rings is 1. The maximum atomic E-state index is 9.05. The van der Waals surface area contributed by atoms with Crippen LogP contribution in [0.15, 0.2) is 28.7 Å². The van der Waals surface area contributed by atoms with Gasteiger partial charge in [0.1, 0.15) is 11.3 Å². The van der Waals surface area contributed by atoms with Crippen LogP contribution in [-0.2, 0) is 6.61 Å². The van der Waals surface area contributed by atoms with E-state index in [1.54, 1.807) is 0 Å². The highest BCUT2D eigenvalue weighted by atomic mass is 16.3. The lowest BCUT2D eigenvalue weighted by Crippen LogP contribution is -1.81. The first-order valence-corrected chi connectivity index (χ1v) is 4.91. The Balaban J connectivity index is 0.000000461. The van der Waals surface area contributed by atoms with Crippen molar-refractivity contribution in [1.82, 2.24) is 0 Å². The molecule has 0 unspecified atom stereocenters. The first-order chi connectivity index (χ1) is 6.83. The van der Waals surface area contributed by atoms with Crippen LogP contribution in [0.4, 0.5) is 0 Å². The molecule has 0 amide bonds. The lowest BCUT2D eigenvalue weighted by molar-refractivity contribution is 0.280. The number of hydrogen-bond donors (Lipinski definition) is 1. The molecule has 0 bridgehead atoms. The molecule has 0 atom stereocenters. The maximum absolute atomic E-state index is 9.05. The van der Waals surface area contributed by atoms with Crippen LogP contribution in [0.1, 0.15) is 25.2 Å². The minimum absolute atomic E-state index is 0.0445. The second kappa shape index (κ2) is 4.82. The standard InChI is InChI=1S/C10H10O2.C2H6/c1-7-9(6-11)8-4-2-3-5-10(8)12-7;1-2/h2-5,11H,6H2,1H3;1-2H3.